The van der Waals surface area contributed by atoms with Gasteiger partial charge in [0.1, 0.15) is 0 Å². The molecule has 0 heterocycles. The minimum Gasteiger partial charge on any atom is -0.493 e. The van der Waals surface area contributed by atoms with E-state index in [1.807, 2.05) is 37.2 Å². The second-order valence-electron chi connectivity index (χ2n) is 5.22. The number of hydrogen-bond donors (Lipinski definition) is 2. The number of nitrogens with zero attached hydrogens (tertiary/aromatic N) is 1. The van der Waals surface area contributed by atoms with Crippen LogP contribution >= 0.6 is 0 Å². The number of urea groups is 1. The van der Waals surface area contributed by atoms with Crippen LogP contribution in [0, 0.1) is 0 Å². The quantitative estimate of drug-likeness (QED) is 0.669. The van der Waals surface area contributed by atoms with E-state index in [0.717, 1.165) is 5.56 Å². The highest BCUT2D eigenvalue weighted by atomic mass is 16.5. The summed E-state index contributed by atoms with van der Waals surface area (Å²) in [7, 11) is 8.73. The van der Waals surface area contributed by atoms with Crippen LogP contribution in [0.5, 0.6) is 11.5 Å². The van der Waals surface area contributed by atoms with Crippen molar-refractivity contribution in [3.8, 4) is 11.5 Å². The van der Waals surface area contributed by atoms with Crippen LogP contribution in [0.25, 0.3) is 0 Å². The molecule has 2 amide bonds. The lowest BCUT2D eigenvalue weighted by atomic mass is 10.1. The molecule has 0 radical (unpaired) electrons. The predicted octanol–water partition coefficient (Wildman–Crippen LogP) is 1.25. The summed E-state index contributed by atoms with van der Waals surface area (Å²) in [5.41, 5.74) is 1.03. The summed E-state index contributed by atoms with van der Waals surface area (Å²) < 4.78 is 15.5. The Labute approximate surface area is 137 Å². The molecule has 0 saturated heterocycles. The molecular formula is C16H27N3O4. The normalized spacial score (nSPS) is 11.9. The first kappa shape index (κ1) is 19.1. The lowest BCUT2D eigenvalue weighted by molar-refractivity contribution is 0.194. The zero-order valence-corrected chi connectivity index (χ0v) is 14.5. The Morgan fingerprint density at radius 3 is 2.39 bits per heavy atom. The third kappa shape index (κ3) is 5.96. The zero-order chi connectivity index (χ0) is 17.2. The van der Waals surface area contributed by atoms with Crippen LogP contribution in [-0.2, 0) is 4.74 Å². The second kappa shape index (κ2) is 9.91. The summed E-state index contributed by atoms with van der Waals surface area (Å²) in [6, 6.07) is 5.56. The zero-order valence-electron chi connectivity index (χ0n) is 14.5. The lowest BCUT2D eigenvalue weighted by Gasteiger charge is -2.26. The van der Waals surface area contributed by atoms with Gasteiger partial charge in [-0.25, -0.2) is 4.79 Å². The number of rotatable bonds is 9. The molecule has 0 spiro atoms. The van der Waals surface area contributed by atoms with Gasteiger partial charge in [0.05, 0.1) is 26.9 Å². The maximum Gasteiger partial charge on any atom is 0.314 e. The van der Waals surface area contributed by atoms with Crippen molar-refractivity contribution in [2.24, 2.45) is 0 Å². The molecule has 0 bridgehead atoms. The lowest BCUT2D eigenvalue weighted by Crippen LogP contribution is -2.41. The monoisotopic (exact) mass is 325 g/mol. The molecule has 23 heavy (non-hydrogen) atoms. The van der Waals surface area contributed by atoms with E-state index in [4.69, 9.17) is 14.2 Å². The van der Waals surface area contributed by atoms with Crippen LogP contribution < -0.4 is 20.1 Å². The number of methoxy groups -OCH3 is 3. The molecule has 1 unspecified atom stereocenters. The number of benzene rings is 1. The van der Waals surface area contributed by atoms with Crippen molar-refractivity contribution < 1.29 is 19.0 Å². The molecule has 1 aromatic rings. The van der Waals surface area contributed by atoms with E-state index < -0.39 is 0 Å². The summed E-state index contributed by atoms with van der Waals surface area (Å²) >= 11 is 0. The van der Waals surface area contributed by atoms with Gasteiger partial charge < -0.3 is 29.7 Å². The van der Waals surface area contributed by atoms with E-state index in [9.17, 15) is 4.79 Å². The third-order valence-corrected chi connectivity index (χ3v) is 3.46. The molecule has 7 nitrogen and oxygen atoms in total. The Morgan fingerprint density at radius 1 is 1.13 bits per heavy atom. The second-order valence-corrected chi connectivity index (χ2v) is 5.22. The van der Waals surface area contributed by atoms with Gasteiger partial charge in [0.2, 0.25) is 0 Å². The first-order valence-electron chi connectivity index (χ1n) is 7.42. The molecule has 0 aliphatic carbocycles. The molecule has 0 aliphatic rings. The standard InChI is InChI=1S/C16H27N3O4/c1-19(2)13(11-18-16(20)17-8-9-21-3)12-6-7-14(22-4)15(10-12)23-5/h6-7,10,13H,8-9,11H2,1-5H3,(H2,17,18,20). The summed E-state index contributed by atoms with van der Waals surface area (Å²) in [6.07, 6.45) is 0. The molecule has 0 aromatic heterocycles. The molecule has 1 atom stereocenters. The third-order valence-electron chi connectivity index (χ3n) is 3.46. The van der Waals surface area contributed by atoms with Crippen molar-refractivity contribution in [3.63, 3.8) is 0 Å². The molecule has 1 rings (SSSR count). The Kier molecular flexibility index (Phi) is 8.21. The Hall–Kier alpha value is -1.99. The number of likely N-dealkylation sites (N-methyl/N-ethyl adjacent to an activating group) is 1. The number of hydrogen-bond acceptors (Lipinski definition) is 5. The highest BCUT2D eigenvalue weighted by Crippen LogP contribution is 2.31. The van der Waals surface area contributed by atoms with Gasteiger partial charge in [0.25, 0.3) is 0 Å². The van der Waals surface area contributed by atoms with E-state index >= 15 is 0 Å². The van der Waals surface area contributed by atoms with Gasteiger partial charge in [0, 0.05) is 20.2 Å². The van der Waals surface area contributed by atoms with Gasteiger partial charge in [-0.2, -0.15) is 0 Å². The average molecular weight is 325 g/mol. The fraction of sp³-hybridized carbons (Fsp3) is 0.562. The van der Waals surface area contributed by atoms with E-state index in [-0.39, 0.29) is 12.1 Å². The van der Waals surface area contributed by atoms with Gasteiger partial charge in [-0.3, -0.25) is 0 Å². The molecule has 0 saturated carbocycles. The van der Waals surface area contributed by atoms with Crippen molar-refractivity contribution >= 4 is 6.03 Å². The summed E-state index contributed by atoms with van der Waals surface area (Å²) in [5, 5.41) is 5.60. The van der Waals surface area contributed by atoms with Crippen LogP contribution in [0.4, 0.5) is 4.79 Å². The first-order valence-corrected chi connectivity index (χ1v) is 7.42. The van der Waals surface area contributed by atoms with Gasteiger partial charge in [-0.15, -0.1) is 0 Å². The van der Waals surface area contributed by atoms with Crippen LogP contribution in [0.2, 0.25) is 0 Å². The molecular weight excluding hydrogens is 298 g/mol. The topological polar surface area (TPSA) is 72.1 Å². The molecule has 0 fully saturated rings. The average Bonchev–Trinajstić information content (AvgIpc) is 2.54. The van der Waals surface area contributed by atoms with Crippen LogP contribution in [0.3, 0.4) is 0 Å². The Morgan fingerprint density at radius 2 is 1.83 bits per heavy atom. The number of carbonyl (C=O) groups is 1. The van der Waals surface area contributed by atoms with Gasteiger partial charge in [-0.1, -0.05) is 6.07 Å². The van der Waals surface area contributed by atoms with Crippen LogP contribution in [0.15, 0.2) is 18.2 Å². The number of carbonyl (C=O) groups excluding carboxylic acids is 1. The first-order chi connectivity index (χ1) is 11.0. The van der Waals surface area contributed by atoms with E-state index in [2.05, 4.69) is 10.6 Å². The minimum absolute atomic E-state index is 0.0166. The summed E-state index contributed by atoms with van der Waals surface area (Å²) in [6.45, 7) is 1.44. The minimum atomic E-state index is -0.214. The van der Waals surface area contributed by atoms with Crippen molar-refractivity contribution in [2.45, 2.75) is 6.04 Å². The largest absolute Gasteiger partial charge is 0.493 e. The van der Waals surface area contributed by atoms with E-state index in [0.29, 0.717) is 31.2 Å². The van der Waals surface area contributed by atoms with Crippen LogP contribution in [-0.4, -0.2) is 66.1 Å². The predicted molar refractivity (Wildman–Crippen MR) is 89.3 cm³/mol. The maximum absolute atomic E-state index is 11.8. The number of nitrogens with one attached hydrogen (secondary N) is 2. The van der Waals surface area contributed by atoms with E-state index in [1.54, 1.807) is 21.3 Å². The fourth-order valence-corrected chi connectivity index (χ4v) is 2.18. The van der Waals surface area contributed by atoms with Crippen molar-refractivity contribution in [3.05, 3.63) is 23.8 Å². The number of ether oxygens (including phenoxy) is 3. The van der Waals surface area contributed by atoms with Crippen molar-refractivity contribution in [2.75, 3.05) is 55.1 Å². The maximum atomic E-state index is 11.8. The van der Waals surface area contributed by atoms with Gasteiger partial charge >= 0.3 is 6.03 Å². The molecule has 1 aromatic carbocycles. The Bertz CT molecular complexity index is 494. The number of amides is 2. The molecule has 0 aliphatic heterocycles. The smallest absolute Gasteiger partial charge is 0.314 e. The van der Waals surface area contributed by atoms with Gasteiger partial charge in [0.15, 0.2) is 11.5 Å². The molecule has 2 N–H and O–H groups in total. The molecule has 130 valence electrons. The summed E-state index contributed by atoms with van der Waals surface area (Å²) in [5.74, 6) is 1.35. The van der Waals surface area contributed by atoms with Crippen molar-refractivity contribution in [1.82, 2.24) is 15.5 Å². The highest BCUT2D eigenvalue weighted by molar-refractivity contribution is 5.73. The highest BCUT2D eigenvalue weighted by Gasteiger charge is 2.17. The fourth-order valence-electron chi connectivity index (χ4n) is 2.18. The van der Waals surface area contributed by atoms with E-state index in [1.165, 1.54) is 0 Å². The molecule has 7 heteroatoms. The summed E-state index contributed by atoms with van der Waals surface area (Å²) in [4.78, 5) is 13.8. The van der Waals surface area contributed by atoms with Crippen molar-refractivity contribution in [1.29, 1.82) is 0 Å². The van der Waals surface area contributed by atoms with Crippen LogP contribution in [0.1, 0.15) is 11.6 Å². The SMILES string of the molecule is COCCNC(=O)NCC(c1ccc(OC)c(OC)c1)N(C)C. The Balaban J connectivity index is 2.73. The van der Waals surface area contributed by atoms with Gasteiger partial charge in [-0.05, 0) is 31.8 Å².